The fourth-order valence-electron chi connectivity index (χ4n) is 3.95. The predicted octanol–water partition coefficient (Wildman–Crippen LogP) is 3.22. The van der Waals surface area contributed by atoms with Crippen molar-refractivity contribution in [1.29, 1.82) is 0 Å². The van der Waals surface area contributed by atoms with Gasteiger partial charge in [0.05, 0.1) is 37.7 Å². The number of carbonyl (C=O) groups is 1. The quantitative estimate of drug-likeness (QED) is 0.858. The summed E-state index contributed by atoms with van der Waals surface area (Å²) in [6.45, 7) is 1.38. The number of nitrogens with zero attached hydrogens (tertiary/aromatic N) is 2. The minimum atomic E-state index is -0.0596. The second-order valence-electron chi connectivity index (χ2n) is 6.41. The Bertz CT molecular complexity index is 783. The maximum atomic E-state index is 13.2. The maximum Gasteiger partial charge on any atom is 0.250 e. The molecule has 2 aliphatic rings. The van der Waals surface area contributed by atoms with Crippen molar-refractivity contribution in [3.05, 3.63) is 48.0 Å². The molecular weight excluding hydrogens is 316 g/mol. The summed E-state index contributed by atoms with van der Waals surface area (Å²) >= 11 is 0. The highest BCUT2D eigenvalue weighted by atomic mass is 16.5. The summed E-state index contributed by atoms with van der Waals surface area (Å²) in [4.78, 5) is 17.3. The Labute approximate surface area is 147 Å². The second-order valence-corrected chi connectivity index (χ2v) is 6.41. The normalized spacial score (nSPS) is 18.8. The van der Waals surface area contributed by atoms with Crippen LogP contribution in [0.15, 0.2) is 42.5 Å². The van der Waals surface area contributed by atoms with E-state index in [1.807, 2.05) is 41.3 Å². The first-order valence-corrected chi connectivity index (χ1v) is 8.61. The lowest BCUT2D eigenvalue weighted by atomic mass is 10.0. The first kappa shape index (κ1) is 15.8. The fraction of sp³-hybridized carbons (Fsp3) is 0.350. The van der Waals surface area contributed by atoms with Gasteiger partial charge in [0.1, 0.15) is 17.5 Å². The molecule has 0 bridgehead atoms. The number of methoxy groups -OCH3 is 2. The zero-order valence-electron chi connectivity index (χ0n) is 14.6. The number of amides is 1. The summed E-state index contributed by atoms with van der Waals surface area (Å²) < 4.78 is 11.0. The van der Waals surface area contributed by atoms with Crippen LogP contribution >= 0.6 is 0 Å². The Morgan fingerprint density at radius 3 is 2.36 bits per heavy atom. The van der Waals surface area contributed by atoms with Gasteiger partial charge < -0.3 is 19.3 Å². The van der Waals surface area contributed by atoms with Crippen LogP contribution in [0.25, 0.3) is 0 Å². The lowest BCUT2D eigenvalue weighted by molar-refractivity contribution is -0.120. The Morgan fingerprint density at radius 1 is 1.00 bits per heavy atom. The molecule has 1 atom stereocenters. The molecule has 0 spiro atoms. The molecule has 0 saturated carbocycles. The molecule has 1 saturated heterocycles. The number of hydrogen-bond acceptors (Lipinski definition) is 4. The number of anilines is 2. The van der Waals surface area contributed by atoms with E-state index >= 15 is 0 Å². The van der Waals surface area contributed by atoms with Gasteiger partial charge in [0.15, 0.2) is 0 Å². The molecule has 0 radical (unpaired) electrons. The molecule has 5 heteroatoms. The van der Waals surface area contributed by atoms with Gasteiger partial charge in [0.25, 0.3) is 0 Å². The van der Waals surface area contributed by atoms with Gasteiger partial charge in [-0.3, -0.25) is 4.79 Å². The molecule has 1 amide bonds. The third kappa shape index (κ3) is 2.51. The van der Waals surface area contributed by atoms with Crippen molar-refractivity contribution in [3.8, 4) is 11.5 Å². The summed E-state index contributed by atoms with van der Waals surface area (Å²) in [5, 5.41) is 0. The monoisotopic (exact) mass is 338 g/mol. The van der Waals surface area contributed by atoms with E-state index in [0.717, 1.165) is 47.8 Å². The molecule has 1 unspecified atom stereocenters. The van der Waals surface area contributed by atoms with E-state index in [0.29, 0.717) is 6.54 Å². The number of carbonyl (C=O) groups excluding carboxylic acids is 1. The topological polar surface area (TPSA) is 42.0 Å². The largest absolute Gasteiger partial charge is 0.496 e. The first-order valence-electron chi connectivity index (χ1n) is 8.61. The highest BCUT2D eigenvalue weighted by molar-refractivity contribution is 6.05. The van der Waals surface area contributed by atoms with Gasteiger partial charge in [-0.2, -0.15) is 0 Å². The average molecular weight is 338 g/mol. The highest BCUT2D eigenvalue weighted by Crippen LogP contribution is 2.42. The zero-order chi connectivity index (χ0) is 17.4. The Kier molecular flexibility index (Phi) is 3.99. The molecular formula is C20H22N2O3. The predicted molar refractivity (Wildman–Crippen MR) is 97.5 cm³/mol. The van der Waals surface area contributed by atoms with Crippen LogP contribution in [-0.4, -0.2) is 32.7 Å². The number of rotatable bonds is 4. The molecule has 0 aromatic heterocycles. The van der Waals surface area contributed by atoms with Crippen LogP contribution < -0.4 is 19.3 Å². The smallest absolute Gasteiger partial charge is 0.250 e. The Hall–Kier alpha value is -2.69. The van der Waals surface area contributed by atoms with Crippen molar-refractivity contribution in [2.24, 2.45) is 0 Å². The van der Waals surface area contributed by atoms with Gasteiger partial charge in [-0.25, -0.2) is 0 Å². The summed E-state index contributed by atoms with van der Waals surface area (Å²) in [5.41, 5.74) is 2.99. The van der Waals surface area contributed by atoms with E-state index in [1.54, 1.807) is 14.2 Å². The standard InChI is InChI=1S/C20H22N2O3/c1-24-18-10-5-11-19(25-2)14(18)13-22-16-8-4-3-7-15(16)21-12-6-9-17(21)20(22)23/h3-5,7-8,10-11,17H,6,9,12-13H2,1-2H3. The van der Waals surface area contributed by atoms with Crippen LogP contribution in [0.2, 0.25) is 0 Å². The molecule has 1 fully saturated rings. The SMILES string of the molecule is COc1cccc(OC)c1CN1C(=O)C2CCCN2c2ccccc21. The number of benzene rings is 2. The minimum absolute atomic E-state index is 0.0596. The van der Waals surface area contributed by atoms with Crippen molar-refractivity contribution in [2.45, 2.75) is 25.4 Å². The van der Waals surface area contributed by atoms with Crippen molar-refractivity contribution >= 4 is 17.3 Å². The molecule has 130 valence electrons. The molecule has 4 rings (SSSR count). The summed E-state index contributed by atoms with van der Waals surface area (Å²) in [7, 11) is 3.28. The van der Waals surface area contributed by atoms with Gasteiger partial charge in [0.2, 0.25) is 5.91 Å². The summed E-state index contributed by atoms with van der Waals surface area (Å²) in [6, 6.07) is 13.8. The van der Waals surface area contributed by atoms with Gasteiger partial charge in [0, 0.05) is 6.54 Å². The van der Waals surface area contributed by atoms with E-state index in [4.69, 9.17) is 9.47 Å². The molecule has 25 heavy (non-hydrogen) atoms. The molecule has 0 aliphatic carbocycles. The van der Waals surface area contributed by atoms with Crippen molar-refractivity contribution in [3.63, 3.8) is 0 Å². The number of fused-ring (bicyclic) bond motifs is 3. The van der Waals surface area contributed by atoms with Gasteiger partial charge in [-0.15, -0.1) is 0 Å². The second kappa shape index (κ2) is 6.31. The van der Waals surface area contributed by atoms with E-state index < -0.39 is 0 Å². The van der Waals surface area contributed by atoms with Crippen molar-refractivity contribution in [1.82, 2.24) is 0 Å². The van der Waals surface area contributed by atoms with Crippen molar-refractivity contribution in [2.75, 3.05) is 30.6 Å². The van der Waals surface area contributed by atoms with Crippen LogP contribution in [0.5, 0.6) is 11.5 Å². The van der Waals surface area contributed by atoms with E-state index in [-0.39, 0.29) is 11.9 Å². The zero-order valence-corrected chi connectivity index (χ0v) is 14.6. The average Bonchev–Trinajstić information content (AvgIpc) is 3.15. The summed E-state index contributed by atoms with van der Waals surface area (Å²) in [6.07, 6.45) is 1.96. The summed E-state index contributed by atoms with van der Waals surface area (Å²) in [5.74, 6) is 1.63. The molecule has 0 N–H and O–H groups in total. The highest BCUT2D eigenvalue weighted by Gasteiger charge is 2.40. The van der Waals surface area contributed by atoms with Crippen LogP contribution in [0.3, 0.4) is 0 Å². The van der Waals surface area contributed by atoms with Crippen LogP contribution in [-0.2, 0) is 11.3 Å². The third-order valence-corrected chi connectivity index (χ3v) is 5.13. The molecule has 2 aliphatic heterocycles. The van der Waals surface area contributed by atoms with E-state index in [1.165, 1.54) is 0 Å². The van der Waals surface area contributed by atoms with Crippen LogP contribution in [0.4, 0.5) is 11.4 Å². The molecule has 2 aromatic carbocycles. The number of hydrogen-bond donors (Lipinski definition) is 0. The lowest BCUT2D eigenvalue weighted by Crippen LogP contribution is -2.50. The van der Waals surface area contributed by atoms with Gasteiger partial charge >= 0.3 is 0 Å². The van der Waals surface area contributed by atoms with Crippen LogP contribution in [0.1, 0.15) is 18.4 Å². The Balaban J connectivity index is 1.78. The van der Waals surface area contributed by atoms with Gasteiger partial charge in [-0.1, -0.05) is 18.2 Å². The number of ether oxygens (including phenoxy) is 2. The van der Waals surface area contributed by atoms with Crippen molar-refractivity contribution < 1.29 is 14.3 Å². The van der Waals surface area contributed by atoms with Crippen LogP contribution in [0, 0.1) is 0 Å². The maximum absolute atomic E-state index is 13.2. The fourth-order valence-corrected chi connectivity index (χ4v) is 3.95. The number of para-hydroxylation sites is 2. The van der Waals surface area contributed by atoms with E-state index in [2.05, 4.69) is 11.0 Å². The molecule has 5 nitrogen and oxygen atoms in total. The Morgan fingerprint density at radius 2 is 1.68 bits per heavy atom. The molecule has 2 aromatic rings. The van der Waals surface area contributed by atoms with Gasteiger partial charge in [-0.05, 0) is 37.1 Å². The minimum Gasteiger partial charge on any atom is -0.496 e. The van der Waals surface area contributed by atoms with E-state index in [9.17, 15) is 4.79 Å². The first-order chi connectivity index (χ1) is 12.2. The lowest BCUT2D eigenvalue weighted by Gasteiger charge is -2.39. The third-order valence-electron chi connectivity index (χ3n) is 5.13. The molecule has 2 heterocycles.